The van der Waals surface area contributed by atoms with Crippen LogP contribution in [0.1, 0.15) is 28.9 Å². The predicted molar refractivity (Wildman–Crippen MR) is 66.3 cm³/mol. The first-order chi connectivity index (χ1) is 8.91. The Morgan fingerprint density at radius 3 is 2.68 bits per heavy atom. The molecular weight excluding hydrogens is 250 g/mol. The Kier molecular flexibility index (Phi) is 4.99. The van der Waals surface area contributed by atoms with Crippen LogP contribution in [0.3, 0.4) is 0 Å². The molecule has 0 fully saturated rings. The molecule has 2 amide bonds. The van der Waals surface area contributed by atoms with Gasteiger partial charge in [-0.05, 0) is 25.5 Å². The second kappa shape index (κ2) is 6.48. The number of primary amides is 1. The summed E-state index contributed by atoms with van der Waals surface area (Å²) in [6.45, 7) is 1.65. The first kappa shape index (κ1) is 14.6. The van der Waals surface area contributed by atoms with Crippen LogP contribution in [0, 0.1) is 6.92 Å². The van der Waals surface area contributed by atoms with Gasteiger partial charge in [0.05, 0.1) is 5.56 Å². The van der Waals surface area contributed by atoms with Crippen molar-refractivity contribution in [3.05, 3.63) is 29.6 Å². The molecule has 0 aliphatic heterocycles. The lowest BCUT2D eigenvalue weighted by atomic mass is 10.1. The number of hydrogen-bond donors (Lipinski definition) is 3. The van der Waals surface area contributed by atoms with Crippen molar-refractivity contribution in [3.8, 4) is 0 Å². The number of carbonyl (C=O) groups is 3. The molecule has 0 bridgehead atoms. The molecule has 0 aromatic carbocycles. The number of pyridine rings is 1. The van der Waals surface area contributed by atoms with Gasteiger partial charge in [0.1, 0.15) is 6.04 Å². The lowest BCUT2D eigenvalue weighted by Gasteiger charge is -2.14. The number of rotatable bonds is 6. The largest absolute Gasteiger partial charge is 0.480 e. The third kappa shape index (κ3) is 4.38. The zero-order chi connectivity index (χ0) is 14.4. The second-order valence-corrected chi connectivity index (χ2v) is 4.01. The van der Waals surface area contributed by atoms with Gasteiger partial charge in [-0.25, -0.2) is 4.79 Å². The molecule has 1 aromatic heterocycles. The molecule has 4 N–H and O–H groups in total. The summed E-state index contributed by atoms with van der Waals surface area (Å²) >= 11 is 0. The van der Waals surface area contributed by atoms with E-state index in [2.05, 4.69) is 10.3 Å². The Bertz CT molecular complexity index is 502. The minimum atomic E-state index is -1.21. The van der Waals surface area contributed by atoms with E-state index in [1.54, 1.807) is 19.1 Å². The summed E-state index contributed by atoms with van der Waals surface area (Å²) in [6, 6.07) is 1.98. The molecule has 0 aliphatic carbocycles. The highest BCUT2D eigenvalue weighted by atomic mass is 16.4. The van der Waals surface area contributed by atoms with Crippen LogP contribution < -0.4 is 11.1 Å². The van der Waals surface area contributed by atoms with E-state index in [0.29, 0.717) is 11.3 Å². The summed E-state index contributed by atoms with van der Waals surface area (Å²) in [5.74, 6) is -2.36. The SMILES string of the molecule is Cc1ncccc1C(=O)NC(CCC(N)=O)C(=O)O. The van der Waals surface area contributed by atoms with Gasteiger partial charge in [-0.15, -0.1) is 0 Å². The number of nitrogens with one attached hydrogen (secondary N) is 1. The molecule has 7 nitrogen and oxygen atoms in total. The normalized spacial score (nSPS) is 11.6. The maximum atomic E-state index is 11.9. The van der Waals surface area contributed by atoms with Crippen LogP contribution in [-0.2, 0) is 9.59 Å². The van der Waals surface area contributed by atoms with Crippen LogP contribution in [0.25, 0.3) is 0 Å². The fourth-order valence-corrected chi connectivity index (χ4v) is 1.50. The van der Waals surface area contributed by atoms with Crippen molar-refractivity contribution in [1.82, 2.24) is 10.3 Å². The summed E-state index contributed by atoms with van der Waals surface area (Å²) in [5.41, 5.74) is 5.75. The number of nitrogens with two attached hydrogens (primary N) is 1. The van der Waals surface area contributed by atoms with Crippen LogP contribution in [0.4, 0.5) is 0 Å². The van der Waals surface area contributed by atoms with Crippen molar-refractivity contribution in [2.75, 3.05) is 0 Å². The van der Waals surface area contributed by atoms with Gasteiger partial charge >= 0.3 is 5.97 Å². The molecule has 1 aromatic rings. The number of amides is 2. The first-order valence-electron chi connectivity index (χ1n) is 5.65. The molecule has 0 saturated heterocycles. The average molecular weight is 265 g/mol. The highest BCUT2D eigenvalue weighted by molar-refractivity contribution is 5.97. The van der Waals surface area contributed by atoms with Crippen molar-refractivity contribution < 1.29 is 19.5 Å². The Balaban J connectivity index is 2.74. The Labute approximate surface area is 109 Å². The molecule has 1 atom stereocenters. The standard InChI is InChI=1S/C12H15N3O4/c1-7-8(3-2-6-14-7)11(17)15-9(12(18)19)4-5-10(13)16/h2-3,6,9H,4-5H2,1H3,(H2,13,16)(H,15,17)(H,18,19). The average Bonchev–Trinajstić information content (AvgIpc) is 2.34. The van der Waals surface area contributed by atoms with E-state index in [1.807, 2.05) is 0 Å². The van der Waals surface area contributed by atoms with Gasteiger partial charge in [-0.2, -0.15) is 0 Å². The van der Waals surface area contributed by atoms with Crippen molar-refractivity contribution in [2.45, 2.75) is 25.8 Å². The van der Waals surface area contributed by atoms with E-state index >= 15 is 0 Å². The van der Waals surface area contributed by atoms with Gasteiger partial charge in [0.25, 0.3) is 5.91 Å². The monoisotopic (exact) mass is 265 g/mol. The number of aromatic nitrogens is 1. The second-order valence-electron chi connectivity index (χ2n) is 4.01. The zero-order valence-corrected chi connectivity index (χ0v) is 10.4. The minimum absolute atomic E-state index is 0.0459. The first-order valence-corrected chi connectivity index (χ1v) is 5.65. The van der Waals surface area contributed by atoms with Crippen LogP contribution in [0.5, 0.6) is 0 Å². The summed E-state index contributed by atoms with van der Waals surface area (Å²) in [6.07, 6.45) is 1.38. The lowest BCUT2D eigenvalue weighted by molar-refractivity contribution is -0.139. The molecule has 102 valence electrons. The number of carbonyl (C=O) groups excluding carboxylic acids is 2. The quantitative estimate of drug-likeness (QED) is 0.659. The molecular formula is C12H15N3O4. The molecule has 7 heteroatoms. The van der Waals surface area contributed by atoms with Crippen molar-refractivity contribution in [3.63, 3.8) is 0 Å². The Morgan fingerprint density at radius 2 is 2.16 bits per heavy atom. The maximum absolute atomic E-state index is 11.9. The molecule has 0 radical (unpaired) electrons. The van der Waals surface area contributed by atoms with Crippen LogP contribution in [-0.4, -0.2) is 33.9 Å². The van der Waals surface area contributed by atoms with E-state index in [9.17, 15) is 14.4 Å². The highest BCUT2D eigenvalue weighted by Gasteiger charge is 2.21. The zero-order valence-electron chi connectivity index (χ0n) is 10.4. The summed E-state index contributed by atoms with van der Waals surface area (Å²) < 4.78 is 0. The van der Waals surface area contributed by atoms with Gasteiger partial charge in [0.2, 0.25) is 5.91 Å². The molecule has 19 heavy (non-hydrogen) atoms. The van der Waals surface area contributed by atoms with Gasteiger partial charge < -0.3 is 16.2 Å². The number of carboxylic acid groups (broad SMARTS) is 1. The minimum Gasteiger partial charge on any atom is -0.480 e. The van der Waals surface area contributed by atoms with E-state index in [1.165, 1.54) is 6.20 Å². The molecule has 1 rings (SSSR count). The van der Waals surface area contributed by atoms with Gasteiger partial charge in [0.15, 0.2) is 0 Å². The van der Waals surface area contributed by atoms with E-state index in [0.717, 1.165) is 0 Å². The molecule has 0 spiro atoms. The smallest absolute Gasteiger partial charge is 0.326 e. The summed E-state index contributed by atoms with van der Waals surface area (Å²) in [4.78, 5) is 37.5. The molecule has 0 saturated carbocycles. The van der Waals surface area contributed by atoms with Gasteiger partial charge in [0, 0.05) is 18.3 Å². The van der Waals surface area contributed by atoms with Crippen LogP contribution in [0.15, 0.2) is 18.3 Å². The summed E-state index contributed by atoms with van der Waals surface area (Å²) in [5, 5.41) is 11.3. The van der Waals surface area contributed by atoms with E-state index in [4.69, 9.17) is 10.8 Å². The fourth-order valence-electron chi connectivity index (χ4n) is 1.50. The Hall–Kier alpha value is -2.44. The van der Waals surface area contributed by atoms with Crippen LogP contribution >= 0.6 is 0 Å². The number of nitrogens with zero attached hydrogens (tertiary/aromatic N) is 1. The molecule has 1 unspecified atom stereocenters. The van der Waals surface area contributed by atoms with E-state index < -0.39 is 23.8 Å². The molecule has 1 heterocycles. The fraction of sp³-hybridized carbons (Fsp3) is 0.333. The third-order valence-corrected chi connectivity index (χ3v) is 2.53. The van der Waals surface area contributed by atoms with E-state index in [-0.39, 0.29) is 12.8 Å². The highest BCUT2D eigenvalue weighted by Crippen LogP contribution is 2.05. The lowest BCUT2D eigenvalue weighted by Crippen LogP contribution is -2.41. The predicted octanol–water partition coefficient (Wildman–Crippen LogP) is -0.161. The van der Waals surface area contributed by atoms with Crippen molar-refractivity contribution in [1.29, 1.82) is 0 Å². The topological polar surface area (TPSA) is 122 Å². The van der Waals surface area contributed by atoms with Crippen molar-refractivity contribution in [2.24, 2.45) is 5.73 Å². The van der Waals surface area contributed by atoms with Crippen molar-refractivity contribution >= 4 is 17.8 Å². The van der Waals surface area contributed by atoms with Gasteiger partial charge in [-0.1, -0.05) is 0 Å². The number of hydrogen-bond acceptors (Lipinski definition) is 4. The molecule has 0 aliphatic rings. The number of carboxylic acids is 1. The van der Waals surface area contributed by atoms with Crippen LogP contribution in [0.2, 0.25) is 0 Å². The van der Waals surface area contributed by atoms with Gasteiger partial charge in [-0.3, -0.25) is 14.6 Å². The third-order valence-electron chi connectivity index (χ3n) is 2.53. The number of aryl methyl sites for hydroxylation is 1. The summed E-state index contributed by atoms with van der Waals surface area (Å²) in [7, 11) is 0. The number of aliphatic carboxylic acids is 1. The maximum Gasteiger partial charge on any atom is 0.326 e. The Morgan fingerprint density at radius 1 is 1.47 bits per heavy atom.